The first-order chi connectivity index (χ1) is 7.19. The number of aryl methyl sites for hydroxylation is 1. The molecule has 0 radical (unpaired) electrons. The number of nitrogens with two attached hydrogens (primary N) is 1. The number of aromatic nitrogens is 1. The second-order valence-corrected chi connectivity index (χ2v) is 3.33. The quantitative estimate of drug-likeness (QED) is 0.746. The maximum atomic E-state index is 5.72. The first kappa shape index (κ1) is 11.3. The van der Waals surface area contributed by atoms with Crippen LogP contribution in [0, 0.1) is 6.92 Å². The van der Waals surface area contributed by atoms with E-state index < -0.39 is 0 Å². The Balaban J connectivity index is 2.94. The van der Waals surface area contributed by atoms with Crippen molar-refractivity contribution in [3.05, 3.63) is 43.1 Å². The van der Waals surface area contributed by atoms with Gasteiger partial charge in [0.1, 0.15) is 5.82 Å². The van der Waals surface area contributed by atoms with Crippen LogP contribution in [0.3, 0.4) is 0 Å². The minimum Gasteiger partial charge on any atom is -0.397 e. The number of rotatable bonds is 5. The molecule has 0 aliphatic heterocycles. The maximum absolute atomic E-state index is 5.72. The minimum absolute atomic E-state index is 0.718. The van der Waals surface area contributed by atoms with Crippen LogP contribution < -0.4 is 10.6 Å². The van der Waals surface area contributed by atoms with Gasteiger partial charge in [0, 0.05) is 13.1 Å². The van der Waals surface area contributed by atoms with E-state index in [4.69, 9.17) is 5.73 Å². The fourth-order valence-corrected chi connectivity index (χ4v) is 1.31. The fourth-order valence-electron chi connectivity index (χ4n) is 1.31. The van der Waals surface area contributed by atoms with Crippen LogP contribution in [0.15, 0.2) is 37.4 Å². The van der Waals surface area contributed by atoms with Crippen LogP contribution in [-0.2, 0) is 0 Å². The van der Waals surface area contributed by atoms with E-state index in [0.29, 0.717) is 0 Å². The molecular formula is C12H17N3. The van der Waals surface area contributed by atoms with Crippen LogP contribution in [0.2, 0.25) is 0 Å². The third-order valence-corrected chi connectivity index (χ3v) is 2.13. The van der Waals surface area contributed by atoms with Crippen molar-refractivity contribution in [2.45, 2.75) is 6.92 Å². The molecule has 0 amide bonds. The first-order valence-electron chi connectivity index (χ1n) is 4.89. The first-order valence-corrected chi connectivity index (χ1v) is 4.89. The second-order valence-electron chi connectivity index (χ2n) is 3.33. The summed E-state index contributed by atoms with van der Waals surface area (Å²) in [5.74, 6) is 0.904. The molecule has 1 aromatic rings. The Hall–Kier alpha value is -1.77. The zero-order chi connectivity index (χ0) is 11.3. The molecule has 0 saturated carbocycles. The average Bonchev–Trinajstić information content (AvgIpc) is 2.22. The van der Waals surface area contributed by atoms with Crippen molar-refractivity contribution in [3.8, 4) is 0 Å². The van der Waals surface area contributed by atoms with Gasteiger partial charge < -0.3 is 10.6 Å². The summed E-state index contributed by atoms with van der Waals surface area (Å²) in [5, 5.41) is 0. The molecule has 0 aliphatic rings. The number of hydrogen-bond donors (Lipinski definition) is 1. The molecule has 0 unspecified atom stereocenters. The zero-order valence-corrected chi connectivity index (χ0v) is 9.11. The molecule has 0 aromatic carbocycles. The Morgan fingerprint density at radius 3 is 2.40 bits per heavy atom. The molecule has 0 bridgehead atoms. The Kier molecular flexibility index (Phi) is 3.92. The summed E-state index contributed by atoms with van der Waals surface area (Å²) < 4.78 is 0. The van der Waals surface area contributed by atoms with Crippen LogP contribution in [0.1, 0.15) is 5.69 Å². The Morgan fingerprint density at radius 1 is 1.33 bits per heavy atom. The minimum atomic E-state index is 0.718. The lowest BCUT2D eigenvalue weighted by molar-refractivity contribution is 0.920. The maximum Gasteiger partial charge on any atom is 0.129 e. The van der Waals surface area contributed by atoms with Gasteiger partial charge in [0.25, 0.3) is 0 Å². The molecule has 1 heterocycles. The van der Waals surface area contributed by atoms with Gasteiger partial charge in [-0.15, -0.1) is 13.2 Å². The van der Waals surface area contributed by atoms with Crippen molar-refractivity contribution in [2.75, 3.05) is 23.7 Å². The van der Waals surface area contributed by atoms with Gasteiger partial charge in [-0.25, -0.2) is 4.98 Å². The summed E-state index contributed by atoms with van der Waals surface area (Å²) in [6.45, 7) is 10.8. The van der Waals surface area contributed by atoms with Crippen molar-refractivity contribution in [1.82, 2.24) is 4.98 Å². The molecule has 1 rings (SSSR count). The van der Waals surface area contributed by atoms with Crippen molar-refractivity contribution >= 4 is 11.5 Å². The van der Waals surface area contributed by atoms with E-state index in [1.165, 1.54) is 0 Å². The van der Waals surface area contributed by atoms with E-state index >= 15 is 0 Å². The highest BCUT2D eigenvalue weighted by Gasteiger charge is 2.05. The van der Waals surface area contributed by atoms with Gasteiger partial charge in [0.15, 0.2) is 0 Å². The van der Waals surface area contributed by atoms with Crippen LogP contribution in [0.5, 0.6) is 0 Å². The lowest BCUT2D eigenvalue weighted by atomic mass is 10.3. The summed E-state index contributed by atoms with van der Waals surface area (Å²) in [6, 6.07) is 3.78. The number of anilines is 2. The molecule has 0 aliphatic carbocycles. The topological polar surface area (TPSA) is 42.1 Å². The number of pyridine rings is 1. The van der Waals surface area contributed by atoms with Crippen molar-refractivity contribution in [1.29, 1.82) is 0 Å². The largest absolute Gasteiger partial charge is 0.397 e. The lowest BCUT2D eigenvalue weighted by Gasteiger charge is -2.20. The third-order valence-electron chi connectivity index (χ3n) is 2.13. The summed E-state index contributed by atoms with van der Waals surface area (Å²) in [4.78, 5) is 6.49. The lowest BCUT2D eigenvalue weighted by Crippen LogP contribution is -2.24. The Morgan fingerprint density at radius 2 is 1.93 bits per heavy atom. The van der Waals surface area contributed by atoms with Gasteiger partial charge >= 0.3 is 0 Å². The average molecular weight is 203 g/mol. The molecule has 3 heteroatoms. The molecule has 3 nitrogen and oxygen atoms in total. The predicted octanol–water partition coefficient (Wildman–Crippen LogP) is 2.15. The van der Waals surface area contributed by atoms with Gasteiger partial charge in [-0.3, -0.25) is 0 Å². The zero-order valence-electron chi connectivity index (χ0n) is 9.11. The van der Waals surface area contributed by atoms with Crippen molar-refractivity contribution in [3.63, 3.8) is 0 Å². The number of nitrogens with zero attached hydrogens (tertiary/aromatic N) is 2. The summed E-state index contributed by atoms with van der Waals surface area (Å²) in [6.07, 6.45) is 3.69. The molecular weight excluding hydrogens is 186 g/mol. The van der Waals surface area contributed by atoms with Gasteiger partial charge in [-0.2, -0.15) is 0 Å². The Bertz CT molecular complexity index is 348. The Labute approximate surface area is 90.9 Å². The standard InChI is InChI=1S/C12H17N3/c1-4-8-15(9-5-2)12-7-6-11(13)10(3)14-12/h4-7H,1-2,8-9,13H2,3H3. The molecule has 0 saturated heterocycles. The summed E-state index contributed by atoms with van der Waals surface area (Å²) >= 11 is 0. The normalized spacial score (nSPS) is 9.67. The fraction of sp³-hybridized carbons (Fsp3) is 0.250. The smallest absolute Gasteiger partial charge is 0.129 e. The highest BCUT2D eigenvalue weighted by molar-refractivity contribution is 5.50. The molecule has 1 aromatic heterocycles. The molecule has 0 fully saturated rings. The highest BCUT2D eigenvalue weighted by Crippen LogP contribution is 2.15. The monoisotopic (exact) mass is 203 g/mol. The SMILES string of the molecule is C=CCN(CC=C)c1ccc(N)c(C)n1. The third kappa shape index (κ3) is 2.84. The van der Waals surface area contributed by atoms with Crippen LogP contribution in [0.25, 0.3) is 0 Å². The van der Waals surface area contributed by atoms with E-state index in [-0.39, 0.29) is 0 Å². The van der Waals surface area contributed by atoms with Gasteiger partial charge in [-0.1, -0.05) is 12.2 Å². The second kappa shape index (κ2) is 5.20. The summed E-state index contributed by atoms with van der Waals surface area (Å²) in [7, 11) is 0. The molecule has 15 heavy (non-hydrogen) atoms. The predicted molar refractivity (Wildman–Crippen MR) is 66.0 cm³/mol. The van der Waals surface area contributed by atoms with E-state index in [1.807, 2.05) is 31.2 Å². The van der Waals surface area contributed by atoms with E-state index in [2.05, 4.69) is 23.0 Å². The van der Waals surface area contributed by atoms with E-state index in [0.717, 1.165) is 30.3 Å². The highest BCUT2D eigenvalue weighted by atomic mass is 15.2. The molecule has 0 atom stereocenters. The van der Waals surface area contributed by atoms with E-state index in [9.17, 15) is 0 Å². The van der Waals surface area contributed by atoms with Crippen molar-refractivity contribution < 1.29 is 0 Å². The van der Waals surface area contributed by atoms with Gasteiger partial charge in [-0.05, 0) is 19.1 Å². The number of nitrogen functional groups attached to an aromatic ring is 1. The van der Waals surface area contributed by atoms with Crippen LogP contribution >= 0.6 is 0 Å². The van der Waals surface area contributed by atoms with Gasteiger partial charge in [0.05, 0.1) is 11.4 Å². The van der Waals surface area contributed by atoms with Crippen molar-refractivity contribution in [2.24, 2.45) is 0 Å². The molecule has 80 valence electrons. The van der Waals surface area contributed by atoms with Crippen LogP contribution in [-0.4, -0.2) is 18.1 Å². The number of hydrogen-bond acceptors (Lipinski definition) is 3. The van der Waals surface area contributed by atoms with Gasteiger partial charge in [0.2, 0.25) is 0 Å². The van der Waals surface area contributed by atoms with Crippen LogP contribution in [0.4, 0.5) is 11.5 Å². The molecule has 2 N–H and O–H groups in total. The summed E-state index contributed by atoms with van der Waals surface area (Å²) in [5.41, 5.74) is 7.29. The van der Waals surface area contributed by atoms with E-state index in [1.54, 1.807) is 0 Å². The molecule has 0 spiro atoms.